The Balaban J connectivity index is 2.12. The number of morpholine rings is 1. The van der Waals surface area contributed by atoms with E-state index in [1.54, 1.807) is 6.07 Å². The second-order valence-corrected chi connectivity index (χ2v) is 6.03. The lowest BCUT2D eigenvalue weighted by molar-refractivity contribution is -0.138. The summed E-state index contributed by atoms with van der Waals surface area (Å²) in [6.07, 6.45) is -4.38. The Labute approximate surface area is 122 Å². The standard InChI is InChI=1S/C15H21F3N2O/c1-14(2)10-20(7-8-21-14)9-13(19)11-5-3-4-6-12(11)15(16,17)18/h3-6,13H,7-10,19H2,1-2H3. The summed E-state index contributed by atoms with van der Waals surface area (Å²) in [7, 11) is 0. The van der Waals surface area contributed by atoms with E-state index in [0.717, 1.165) is 6.07 Å². The van der Waals surface area contributed by atoms with Crippen LogP contribution >= 0.6 is 0 Å². The first-order valence-electron chi connectivity index (χ1n) is 6.97. The van der Waals surface area contributed by atoms with Gasteiger partial charge in [0, 0.05) is 25.7 Å². The quantitative estimate of drug-likeness (QED) is 0.933. The lowest BCUT2D eigenvalue weighted by Crippen LogP contribution is -2.50. The maximum absolute atomic E-state index is 13.0. The molecule has 1 heterocycles. The molecule has 118 valence electrons. The summed E-state index contributed by atoms with van der Waals surface area (Å²) in [5, 5.41) is 0. The van der Waals surface area contributed by atoms with Crippen LogP contribution in [0.1, 0.15) is 31.0 Å². The average molecular weight is 302 g/mol. The third kappa shape index (κ3) is 4.18. The van der Waals surface area contributed by atoms with Gasteiger partial charge in [0.05, 0.1) is 17.8 Å². The molecular formula is C15H21F3N2O. The van der Waals surface area contributed by atoms with Crippen molar-refractivity contribution < 1.29 is 17.9 Å². The summed E-state index contributed by atoms with van der Waals surface area (Å²) < 4.78 is 44.7. The molecule has 1 fully saturated rings. The molecule has 0 radical (unpaired) electrons. The van der Waals surface area contributed by atoms with Crippen molar-refractivity contribution in [1.82, 2.24) is 4.90 Å². The molecule has 0 saturated carbocycles. The molecule has 0 bridgehead atoms. The zero-order valence-corrected chi connectivity index (χ0v) is 12.3. The van der Waals surface area contributed by atoms with Crippen LogP contribution in [0.2, 0.25) is 0 Å². The van der Waals surface area contributed by atoms with Gasteiger partial charge in [0.15, 0.2) is 0 Å². The molecule has 1 saturated heterocycles. The fourth-order valence-corrected chi connectivity index (χ4v) is 2.73. The zero-order chi connectivity index (χ0) is 15.7. The normalized spacial score (nSPS) is 21.2. The van der Waals surface area contributed by atoms with Crippen molar-refractivity contribution in [2.24, 2.45) is 5.73 Å². The van der Waals surface area contributed by atoms with Gasteiger partial charge in [-0.2, -0.15) is 13.2 Å². The molecule has 1 atom stereocenters. The van der Waals surface area contributed by atoms with Gasteiger partial charge in [-0.3, -0.25) is 4.90 Å². The van der Waals surface area contributed by atoms with Crippen molar-refractivity contribution in [1.29, 1.82) is 0 Å². The van der Waals surface area contributed by atoms with Gasteiger partial charge < -0.3 is 10.5 Å². The van der Waals surface area contributed by atoms with Crippen molar-refractivity contribution in [3.8, 4) is 0 Å². The number of alkyl halides is 3. The van der Waals surface area contributed by atoms with E-state index in [9.17, 15) is 13.2 Å². The molecule has 21 heavy (non-hydrogen) atoms. The van der Waals surface area contributed by atoms with Gasteiger partial charge in [-0.25, -0.2) is 0 Å². The molecular weight excluding hydrogens is 281 g/mol. The minimum absolute atomic E-state index is 0.147. The number of rotatable bonds is 3. The third-order valence-electron chi connectivity index (χ3n) is 3.63. The number of nitrogens with two attached hydrogens (primary N) is 1. The SMILES string of the molecule is CC1(C)CN(CC(N)c2ccccc2C(F)(F)F)CCO1. The second-order valence-electron chi connectivity index (χ2n) is 6.03. The van der Waals surface area contributed by atoms with Crippen LogP contribution < -0.4 is 5.73 Å². The van der Waals surface area contributed by atoms with Crippen molar-refractivity contribution >= 4 is 0 Å². The van der Waals surface area contributed by atoms with E-state index >= 15 is 0 Å². The predicted molar refractivity (Wildman–Crippen MR) is 74.8 cm³/mol. The molecule has 1 aliphatic rings. The number of hydrogen-bond donors (Lipinski definition) is 1. The molecule has 1 aromatic carbocycles. The summed E-state index contributed by atoms with van der Waals surface area (Å²) in [5.74, 6) is 0. The van der Waals surface area contributed by atoms with E-state index in [2.05, 4.69) is 4.90 Å². The first-order chi connectivity index (χ1) is 9.69. The molecule has 0 spiro atoms. The van der Waals surface area contributed by atoms with Gasteiger partial charge >= 0.3 is 6.18 Å². The highest BCUT2D eigenvalue weighted by Gasteiger charge is 2.35. The Morgan fingerprint density at radius 3 is 2.62 bits per heavy atom. The Morgan fingerprint density at radius 1 is 1.33 bits per heavy atom. The number of hydrogen-bond acceptors (Lipinski definition) is 3. The average Bonchev–Trinajstić information content (AvgIpc) is 2.36. The summed E-state index contributed by atoms with van der Waals surface area (Å²) in [5.41, 5.74) is 5.24. The Bertz CT molecular complexity index is 488. The van der Waals surface area contributed by atoms with Crippen molar-refractivity contribution in [3.05, 3.63) is 35.4 Å². The minimum Gasteiger partial charge on any atom is -0.373 e. The molecule has 1 aromatic rings. The highest BCUT2D eigenvalue weighted by molar-refractivity contribution is 5.32. The van der Waals surface area contributed by atoms with Gasteiger partial charge in [0.1, 0.15) is 0 Å². The van der Waals surface area contributed by atoms with Crippen molar-refractivity contribution in [2.45, 2.75) is 31.7 Å². The highest BCUT2D eigenvalue weighted by Crippen LogP contribution is 2.34. The molecule has 1 aliphatic heterocycles. The monoisotopic (exact) mass is 302 g/mol. The first-order valence-corrected chi connectivity index (χ1v) is 6.97. The topological polar surface area (TPSA) is 38.5 Å². The van der Waals surface area contributed by atoms with Crippen molar-refractivity contribution in [3.63, 3.8) is 0 Å². The molecule has 6 heteroatoms. The molecule has 2 N–H and O–H groups in total. The summed E-state index contributed by atoms with van der Waals surface area (Å²) >= 11 is 0. The lowest BCUT2D eigenvalue weighted by Gasteiger charge is -2.39. The maximum Gasteiger partial charge on any atom is 0.416 e. The summed E-state index contributed by atoms with van der Waals surface area (Å²) in [6, 6.07) is 4.85. The molecule has 0 aromatic heterocycles. The molecule has 1 unspecified atom stereocenters. The van der Waals surface area contributed by atoms with Gasteiger partial charge in [0.25, 0.3) is 0 Å². The van der Waals surface area contributed by atoms with Crippen molar-refractivity contribution in [2.75, 3.05) is 26.2 Å². The summed E-state index contributed by atoms with van der Waals surface area (Å²) in [4.78, 5) is 2.06. The van der Waals surface area contributed by atoms with Crippen LogP contribution in [-0.2, 0) is 10.9 Å². The van der Waals surface area contributed by atoms with Crippen LogP contribution in [0.25, 0.3) is 0 Å². The van der Waals surface area contributed by atoms with Crippen LogP contribution in [-0.4, -0.2) is 36.7 Å². The molecule has 0 aliphatic carbocycles. The highest BCUT2D eigenvalue weighted by atomic mass is 19.4. The van der Waals surface area contributed by atoms with E-state index in [0.29, 0.717) is 26.2 Å². The number of halogens is 3. The van der Waals surface area contributed by atoms with Crippen LogP contribution in [0.4, 0.5) is 13.2 Å². The fourth-order valence-electron chi connectivity index (χ4n) is 2.73. The zero-order valence-electron chi connectivity index (χ0n) is 12.3. The summed E-state index contributed by atoms with van der Waals surface area (Å²) in [6.45, 7) is 6.24. The van der Waals surface area contributed by atoms with Crippen LogP contribution in [0.5, 0.6) is 0 Å². The molecule has 0 amide bonds. The molecule has 3 nitrogen and oxygen atoms in total. The third-order valence-corrected chi connectivity index (χ3v) is 3.63. The largest absolute Gasteiger partial charge is 0.416 e. The van der Waals surface area contributed by atoms with E-state index in [-0.39, 0.29) is 11.2 Å². The Kier molecular flexibility index (Phi) is 4.60. The molecule has 2 rings (SSSR count). The van der Waals surface area contributed by atoms with E-state index < -0.39 is 17.8 Å². The number of ether oxygens (including phenoxy) is 1. The van der Waals surface area contributed by atoms with E-state index in [1.165, 1.54) is 12.1 Å². The second kappa shape index (κ2) is 5.94. The van der Waals surface area contributed by atoms with Gasteiger partial charge in [-0.05, 0) is 25.5 Å². The fraction of sp³-hybridized carbons (Fsp3) is 0.600. The van der Waals surface area contributed by atoms with Crippen LogP contribution in [0.15, 0.2) is 24.3 Å². The van der Waals surface area contributed by atoms with Gasteiger partial charge in [-0.1, -0.05) is 18.2 Å². The maximum atomic E-state index is 13.0. The Hall–Kier alpha value is -1.11. The first kappa shape index (κ1) is 16.3. The van der Waals surface area contributed by atoms with Gasteiger partial charge in [0.2, 0.25) is 0 Å². The lowest BCUT2D eigenvalue weighted by atomic mass is 9.99. The predicted octanol–water partition coefficient (Wildman–Crippen LogP) is 2.82. The Morgan fingerprint density at radius 2 is 2.00 bits per heavy atom. The van der Waals surface area contributed by atoms with Crippen LogP contribution in [0, 0.1) is 0 Å². The number of benzene rings is 1. The smallest absolute Gasteiger partial charge is 0.373 e. The van der Waals surface area contributed by atoms with Gasteiger partial charge in [-0.15, -0.1) is 0 Å². The van der Waals surface area contributed by atoms with E-state index in [1.807, 2.05) is 13.8 Å². The van der Waals surface area contributed by atoms with Crippen LogP contribution in [0.3, 0.4) is 0 Å². The number of nitrogens with zero attached hydrogens (tertiary/aromatic N) is 1. The van der Waals surface area contributed by atoms with E-state index in [4.69, 9.17) is 10.5 Å². The minimum atomic E-state index is -4.38.